The molecule has 1 saturated heterocycles. The number of hydrogen-bond acceptors (Lipinski definition) is 3. The van der Waals surface area contributed by atoms with Crippen LogP contribution in [-0.4, -0.2) is 45.8 Å². The van der Waals surface area contributed by atoms with E-state index in [1.54, 1.807) is 0 Å². The Bertz CT molecular complexity index is 284. The second-order valence-corrected chi connectivity index (χ2v) is 5.80. The summed E-state index contributed by atoms with van der Waals surface area (Å²) in [6.07, 6.45) is 7.47. The van der Waals surface area contributed by atoms with Gasteiger partial charge in [-0.2, -0.15) is 0 Å². The lowest BCUT2D eigenvalue weighted by atomic mass is 9.95. The molecule has 98 valence electrons. The largest absolute Gasteiger partial charge is 0.479 e. The van der Waals surface area contributed by atoms with Crippen LogP contribution in [-0.2, 0) is 4.79 Å². The van der Waals surface area contributed by atoms with Crippen LogP contribution in [0.2, 0.25) is 0 Å². The Labute approximate surface area is 103 Å². The van der Waals surface area contributed by atoms with Gasteiger partial charge in [0.2, 0.25) is 0 Å². The van der Waals surface area contributed by atoms with Crippen LogP contribution in [0.15, 0.2) is 0 Å². The summed E-state index contributed by atoms with van der Waals surface area (Å²) in [6.45, 7) is 2.60. The first-order valence-corrected chi connectivity index (χ1v) is 6.70. The molecule has 2 unspecified atom stereocenters. The van der Waals surface area contributed by atoms with Crippen LogP contribution in [0.4, 0.5) is 0 Å². The van der Waals surface area contributed by atoms with E-state index >= 15 is 0 Å². The van der Waals surface area contributed by atoms with Crippen molar-refractivity contribution in [3.63, 3.8) is 0 Å². The maximum absolute atomic E-state index is 11.0. The average Bonchev–Trinajstić information content (AvgIpc) is 2.85. The van der Waals surface area contributed by atoms with E-state index in [1.807, 2.05) is 0 Å². The minimum Gasteiger partial charge on any atom is -0.479 e. The van der Waals surface area contributed by atoms with Gasteiger partial charge in [-0.1, -0.05) is 12.8 Å². The molecule has 0 spiro atoms. The molecule has 2 rings (SSSR count). The van der Waals surface area contributed by atoms with Crippen LogP contribution in [0.25, 0.3) is 0 Å². The third kappa shape index (κ3) is 2.80. The van der Waals surface area contributed by atoms with E-state index in [4.69, 9.17) is 5.11 Å². The van der Waals surface area contributed by atoms with E-state index in [0.717, 1.165) is 18.9 Å². The molecule has 1 aliphatic heterocycles. The molecule has 2 aliphatic rings. The minimum atomic E-state index is -1.61. The van der Waals surface area contributed by atoms with Crippen LogP contribution in [0.1, 0.15) is 45.4 Å². The maximum Gasteiger partial charge on any atom is 0.336 e. The summed E-state index contributed by atoms with van der Waals surface area (Å²) in [5.74, 6) is -0.392. The fraction of sp³-hybridized carbons (Fsp3) is 0.923. The first-order chi connectivity index (χ1) is 8.00. The van der Waals surface area contributed by atoms with E-state index in [9.17, 15) is 9.90 Å². The van der Waals surface area contributed by atoms with E-state index in [2.05, 4.69) is 4.90 Å². The maximum atomic E-state index is 11.0. The zero-order valence-electron chi connectivity index (χ0n) is 10.6. The third-order valence-corrected chi connectivity index (χ3v) is 4.33. The monoisotopic (exact) mass is 241 g/mol. The number of likely N-dealkylation sites (tertiary alicyclic amines) is 1. The molecule has 0 aromatic rings. The molecule has 2 fully saturated rings. The average molecular weight is 241 g/mol. The molecule has 1 heterocycles. The van der Waals surface area contributed by atoms with Crippen molar-refractivity contribution < 1.29 is 15.0 Å². The Kier molecular flexibility index (Phi) is 3.73. The van der Waals surface area contributed by atoms with Crippen molar-refractivity contribution in [1.82, 2.24) is 4.90 Å². The van der Waals surface area contributed by atoms with Gasteiger partial charge < -0.3 is 10.2 Å². The predicted molar refractivity (Wildman–Crippen MR) is 64.8 cm³/mol. The number of carbonyl (C=O) groups is 1. The van der Waals surface area contributed by atoms with Gasteiger partial charge in [0, 0.05) is 12.6 Å². The number of aliphatic carboxylic acids is 1. The van der Waals surface area contributed by atoms with Crippen molar-refractivity contribution in [3.05, 3.63) is 0 Å². The molecule has 17 heavy (non-hydrogen) atoms. The van der Waals surface area contributed by atoms with Crippen LogP contribution < -0.4 is 0 Å². The van der Waals surface area contributed by atoms with E-state index in [1.165, 1.54) is 39.0 Å². The highest BCUT2D eigenvalue weighted by atomic mass is 16.4. The van der Waals surface area contributed by atoms with Gasteiger partial charge in [0.1, 0.15) is 0 Å². The molecule has 2 N–H and O–H groups in total. The molecular weight excluding hydrogens is 218 g/mol. The smallest absolute Gasteiger partial charge is 0.336 e. The SMILES string of the molecule is CC(O)(CN1CCCC1C1CCCC1)C(=O)O. The molecule has 1 saturated carbocycles. The second-order valence-electron chi connectivity index (χ2n) is 5.80. The van der Waals surface area contributed by atoms with Crippen LogP contribution in [0.3, 0.4) is 0 Å². The number of nitrogens with zero attached hydrogens (tertiary/aromatic N) is 1. The van der Waals surface area contributed by atoms with Crippen molar-refractivity contribution in [2.45, 2.75) is 57.1 Å². The molecule has 1 aliphatic carbocycles. The highest BCUT2D eigenvalue weighted by molar-refractivity contribution is 5.76. The number of rotatable bonds is 4. The van der Waals surface area contributed by atoms with E-state index in [0.29, 0.717) is 6.04 Å². The Morgan fingerprint density at radius 1 is 1.29 bits per heavy atom. The zero-order chi connectivity index (χ0) is 12.5. The Hall–Kier alpha value is -0.610. The number of hydrogen-bond donors (Lipinski definition) is 2. The summed E-state index contributed by atoms with van der Waals surface area (Å²) in [5.41, 5.74) is -1.61. The van der Waals surface area contributed by atoms with Gasteiger partial charge in [-0.25, -0.2) is 4.79 Å². The summed E-state index contributed by atoms with van der Waals surface area (Å²) in [7, 11) is 0. The van der Waals surface area contributed by atoms with Gasteiger partial charge >= 0.3 is 5.97 Å². The van der Waals surface area contributed by atoms with Crippen LogP contribution in [0, 0.1) is 5.92 Å². The van der Waals surface area contributed by atoms with Gasteiger partial charge in [-0.05, 0) is 45.1 Å². The number of aliphatic hydroxyl groups is 1. The first kappa shape index (κ1) is 12.8. The third-order valence-electron chi connectivity index (χ3n) is 4.33. The van der Waals surface area contributed by atoms with Gasteiger partial charge in [-0.3, -0.25) is 4.90 Å². The molecule has 4 heteroatoms. The molecule has 0 aromatic heterocycles. The second kappa shape index (κ2) is 4.94. The number of carboxylic acid groups (broad SMARTS) is 1. The molecule has 0 aromatic carbocycles. The summed E-state index contributed by atoms with van der Waals surface area (Å²) in [6, 6.07) is 0.503. The predicted octanol–water partition coefficient (Wildman–Crippen LogP) is 1.48. The lowest BCUT2D eigenvalue weighted by molar-refractivity contribution is -0.158. The Morgan fingerprint density at radius 3 is 2.53 bits per heavy atom. The summed E-state index contributed by atoms with van der Waals surface area (Å²) in [4.78, 5) is 13.2. The highest BCUT2D eigenvalue weighted by Gasteiger charge is 2.39. The molecule has 4 nitrogen and oxygen atoms in total. The number of β-amino-alcohol motifs (C(OH)–C–C–N with tert-alkyl or cyclic N) is 1. The topological polar surface area (TPSA) is 60.8 Å². The molecule has 2 atom stereocenters. The fourth-order valence-corrected chi connectivity index (χ4v) is 3.39. The summed E-state index contributed by atoms with van der Waals surface area (Å²) >= 11 is 0. The molecular formula is C13H23NO3. The lowest BCUT2D eigenvalue weighted by Crippen LogP contribution is -2.49. The highest BCUT2D eigenvalue weighted by Crippen LogP contribution is 2.35. The standard InChI is InChI=1S/C13H23NO3/c1-13(17,12(15)16)9-14-8-4-7-11(14)10-5-2-3-6-10/h10-11,17H,2-9H2,1H3,(H,15,16). The number of carboxylic acids is 1. The Morgan fingerprint density at radius 2 is 1.94 bits per heavy atom. The van der Waals surface area contributed by atoms with Crippen molar-refractivity contribution in [1.29, 1.82) is 0 Å². The van der Waals surface area contributed by atoms with Gasteiger partial charge in [-0.15, -0.1) is 0 Å². The lowest BCUT2D eigenvalue weighted by Gasteiger charge is -2.33. The quantitative estimate of drug-likeness (QED) is 0.782. The van der Waals surface area contributed by atoms with Crippen LogP contribution >= 0.6 is 0 Å². The first-order valence-electron chi connectivity index (χ1n) is 6.70. The van der Waals surface area contributed by atoms with Crippen LogP contribution in [0.5, 0.6) is 0 Å². The van der Waals surface area contributed by atoms with Crippen molar-refractivity contribution in [3.8, 4) is 0 Å². The summed E-state index contributed by atoms with van der Waals surface area (Å²) in [5, 5.41) is 18.8. The van der Waals surface area contributed by atoms with Crippen molar-refractivity contribution in [2.24, 2.45) is 5.92 Å². The van der Waals surface area contributed by atoms with Gasteiger partial charge in [0.15, 0.2) is 5.60 Å². The fourth-order valence-electron chi connectivity index (χ4n) is 3.39. The molecule has 0 bridgehead atoms. The van der Waals surface area contributed by atoms with E-state index < -0.39 is 11.6 Å². The van der Waals surface area contributed by atoms with Gasteiger partial charge in [0.25, 0.3) is 0 Å². The van der Waals surface area contributed by atoms with Crippen molar-refractivity contribution in [2.75, 3.05) is 13.1 Å². The summed E-state index contributed by atoms with van der Waals surface area (Å²) < 4.78 is 0. The normalized spacial score (nSPS) is 30.6. The van der Waals surface area contributed by atoms with Crippen molar-refractivity contribution >= 4 is 5.97 Å². The Balaban J connectivity index is 1.97. The van der Waals surface area contributed by atoms with E-state index in [-0.39, 0.29) is 6.54 Å². The zero-order valence-corrected chi connectivity index (χ0v) is 10.6. The van der Waals surface area contributed by atoms with Gasteiger partial charge in [0.05, 0.1) is 0 Å². The molecule has 0 radical (unpaired) electrons. The molecule has 0 amide bonds. The minimum absolute atomic E-state index is 0.267.